The lowest BCUT2D eigenvalue weighted by Crippen LogP contribution is -2.43. The lowest BCUT2D eigenvalue weighted by atomic mass is 10.2. The van der Waals surface area contributed by atoms with Crippen molar-refractivity contribution >= 4 is 25.3 Å². The smallest absolute Gasteiger partial charge is 0.362 e. The third kappa shape index (κ3) is 3.77. The average Bonchev–Trinajstić information content (AvgIpc) is 2.34. The van der Waals surface area contributed by atoms with Crippen LogP contribution >= 0.6 is 15.2 Å². The molecule has 0 saturated heterocycles. The van der Waals surface area contributed by atoms with Gasteiger partial charge in [0.1, 0.15) is 10.6 Å². The van der Waals surface area contributed by atoms with Crippen LogP contribution < -0.4 is 5.32 Å². The zero-order valence-corrected chi connectivity index (χ0v) is 14.4. The molecule has 0 atom stereocenters. The number of hydrogen-bond acceptors (Lipinski definition) is 6. The molecule has 7 N–H and O–H groups in total. The average molecular weight is 403 g/mol. The van der Waals surface area contributed by atoms with Crippen LogP contribution in [0.25, 0.3) is 0 Å². The van der Waals surface area contributed by atoms with Crippen LogP contribution in [0, 0.1) is 0 Å². The molecule has 0 radical (unpaired) electrons. The van der Waals surface area contributed by atoms with Crippen molar-refractivity contribution in [3.05, 3.63) is 36.4 Å². The number of benzene rings is 1. The van der Waals surface area contributed by atoms with Crippen molar-refractivity contribution in [2.75, 3.05) is 6.54 Å². The molecule has 0 aliphatic heterocycles. The first-order valence-electron chi connectivity index (χ1n) is 5.96. The molecule has 0 fully saturated rings. The van der Waals surface area contributed by atoms with Gasteiger partial charge in [0.15, 0.2) is 0 Å². The van der Waals surface area contributed by atoms with Crippen molar-refractivity contribution in [1.29, 1.82) is 0 Å². The summed E-state index contributed by atoms with van der Waals surface area (Å²) in [4.78, 5) is 37.2. The van der Waals surface area contributed by atoms with Crippen LogP contribution in [-0.2, 0) is 24.3 Å². The van der Waals surface area contributed by atoms with E-state index in [-0.39, 0.29) is 0 Å². The van der Waals surface area contributed by atoms with E-state index in [0.717, 1.165) is 12.1 Å². The van der Waals surface area contributed by atoms with Crippen LogP contribution in [0.15, 0.2) is 35.7 Å². The number of phenols is 1. The summed E-state index contributed by atoms with van der Waals surface area (Å²) in [5.74, 6) is -0.746. The predicted octanol–water partition coefficient (Wildman–Crippen LogP) is -0.120. The van der Waals surface area contributed by atoms with Gasteiger partial charge in [-0.25, -0.2) is 0 Å². The quantitative estimate of drug-likeness (QED) is 0.182. The van der Waals surface area contributed by atoms with Gasteiger partial charge in [0.25, 0.3) is 10.1 Å². The van der Waals surface area contributed by atoms with Gasteiger partial charge in [0.05, 0.1) is 0 Å². The van der Waals surface area contributed by atoms with Crippen LogP contribution in [0.1, 0.15) is 5.56 Å². The first-order valence-corrected chi connectivity index (χ1v) is 10.6. The summed E-state index contributed by atoms with van der Waals surface area (Å²) in [5.41, 5.74) is -1.19. The lowest BCUT2D eigenvalue weighted by Gasteiger charge is -2.36. The van der Waals surface area contributed by atoms with E-state index < -0.39 is 53.1 Å². The second kappa shape index (κ2) is 6.68. The highest BCUT2D eigenvalue weighted by Crippen LogP contribution is 2.73. The molecule has 0 spiro atoms. The van der Waals surface area contributed by atoms with E-state index >= 15 is 0 Å². The van der Waals surface area contributed by atoms with Crippen molar-refractivity contribution in [2.24, 2.45) is 0 Å². The zero-order chi connectivity index (χ0) is 19.0. The van der Waals surface area contributed by atoms with Crippen molar-refractivity contribution < 1.29 is 46.8 Å². The van der Waals surface area contributed by atoms with Crippen LogP contribution in [0.3, 0.4) is 0 Å². The summed E-state index contributed by atoms with van der Waals surface area (Å²) in [7, 11) is -16.8. The maximum absolute atomic E-state index is 11.9. The van der Waals surface area contributed by atoms with E-state index in [0.29, 0.717) is 12.1 Å². The molecule has 0 unspecified atom stereocenters. The Morgan fingerprint density at radius 1 is 1.17 bits per heavy atom. The topological polar surface area (TPSA) is 202 Å². The summed E-state index contributed by atoms with van der Waals surface area (Å²) in [5, 5.41) is 7.85. The lowest BCUT2D eigenvalue weighted by molar-refractivity contribution is 0.290. The number of aromatic hydroxyl groups is 1. The van der Waals surface area contributed by atoms with E-state index in [1.54, 1.807) is 0 Å². The predicted molar refractivity (Wildman–Crippen MR) is 81.9 cm³/mol. The van der Waals surface area contributed by atoms with Gasteiger partial charge in [-0.1, -0.05) is 6.08 Å². The molecule has 0 aliphatic rings. The SMILES string of the molecule is C=CCNC(c1cc(O)ccc1S(=O)(=O)O)(P(=O)(O)O)P(=O)(O)O. The molecule has 1 aromatic rings. The van der Waals surface area contributed by atoms with Crippen molar-refractivity contribution in [3.8, 4) is 5.75 Å². The molecular formula is C10H15NO10P2S. The van der Waals surface area contributed by atoms with E-state index in [2.05, 4.69) is 6.58 Å². The van der Waals surface area contributed by atoms with Gasteiger partial charge < -0.3 is 24.7 Å². The summed E-state index contributed by atoms with van der Waals surface area (Å²) in [6.07, 6.45) is 1.01. The minimum atomic E-state index is -5.80. The van der Waals surface area contributed by atoms with Crippen LogP contribution in [0.2, 0.25) is 0 Å². The molecule has 1 rings (SSSR count). The van der Waals surface area contributed by atoms with Gasteiger partial charge in [-0.15, -0.1) is 6.58 Å². The highest BCUT2D eigenvalue weighted by molar-refractivity contribution is 7.86. The fourth-order valence-electron chi connectivity index (χ4n) is 2.01. The van der Waals surface area contributed by atoms with Crippen LogP contribution in [-0.4, -0.2) is 44.2 Å². The maximum Gasteiger partial charge on any atom is 0.362 e. The summed E-state index contributed by atoms with van der Waals surface area (Å²) in [6, 6.07) is 1.73. The second-order valence-corrected chi connectivity index (χ2v) is 9.85. The first kappa shape index (κ1) is 21.0. The fraction of sp³-hybridized carbons (Fsp3) is 0.200. The maximum atomic E-state index is 11.9. The van der Waals surface area contributed by atoms with Gasteiger partial charge in [-0.2, -0.15) is 8.42 Å². The monoisotopic (exact) mass is 403 g/mol. The second-order valence-electron chi connectivity index (χ2n) is 4.59. The van der Waals surface area contributed by atoms with E-state index in [1.807, 2.05) is 5.32 Å². The van der Waals surface area contributed by atoms with Gasteiger partial charge in [0, 0.05) is 12.1 Å². The normalized spacial score (nSPS) is 13.7. The molecular weight excluding hydrogens is 388 g/mol. The number of phenolic OH excluding ortho intramolecular Hbond substituents is 1. The minimum Gasteiger partial charge on any atom is -0.508 e. The minimum absolute atomic E-state index is 0.428. The van der Waals surface area contributed by atoms with Gasteiger partial charge in [-0.05, 0) is 18.2 Å². The Labute approximate surface area is 136 Å². The fourth-order valence-corrected chi connectivity index (χ4v) is 5.85. The first-order chi connectivity index (χ1) is 10.7. The van der Waals surface area contributed by atoms with E-state index in [9.17, 15) is 46.8 Å². The molecule has 0 amide bonds. The highest BCUT2D eigenvalue weighted by atomic mass is 32.2. The Morgan fingerprint density at radius 2 is 1.67 bits per heavy atom. The number of rotatable bonds is 7. The van der Waals surface area contributed by atoms with E-state index in [1.165, 1.54) is 0 Å². The van der Waals surface area contributed by atoms with Gasteiger partial charge in [-0.3, -0.25) is 19.0 Å². The molecule has 0 saturated carbocycles. The van der Waals surface area contributed by atoms with Crippen molar-refractivity contribution in [2.45, 2.75) is 9.92 Å². The molecule has 1 aromatic carbocycles. The van der Waals surface area contributed by atoms with E-state index in [4.69, 9.17) is 0 Å². The zero-order valence-electron chi connectivity index (χ0n) is 11.8. The molecule has 136 valence electrons. The number of nitrogens with one attached hydrogen (secondary N) is 1. The highest BCUT2D eigenvalue weighted by Gasteiger charge is 2.63. The molecule has 0 aliphatic carbocycles. The van der Waals surface area contributed by atoms with Crippen LogP contribution in [0.5, 0.6) is 5.75 Å². The molecule has 0 aromatic heterocycles. The Hall–Kier alpha value is -1.07. The van der Waals surface area contributed by atoms with Crippen LogP contribution in [0.4, 0.5) is 0 Å². The Balaban J connectivity index is 4.07. The Kier molecular flexibility index (Phi) is 5.84. The molecule has 24 heavy (non-hydrogen) atoms. The molecule has 0 heterocycles. The standard InChI is InChI=1S/C10H15NO10P2S/c1-2-5-11-10(22(13,14)15,23(16,17)18)8-6-7(12)3-4-9(8)24(19,20)21/h2-4,6,11-12H,1,5H2,(H2,13,14,15)(H2,16,17,18)(H,19,20,21). The van der Waals surface area contributed by atoms with Gasteiger partial charge >= 0.3 is 15.2 Å². The summed E-state index contributed by atoms with van der Waals surface area (Å²) in [6.45, 7) is 2.68. The summed E-state index contributed by atoms with van der Waals surface area (Å²) >= 11 is 0. The van der Waals surface area contributed by atoms with Crippen molar-refractivity contribution in [1.82, 2.24) is 5.32 Å². The molecule has 14 heteroatoms. The Morgan fingerprint density at radius 3 is 2.04 bits per heavy atom. The largest absolute Gasteiger partial charge is 0.508 e. The molecule has 11 nitrogen and oxygen atoms in total. The van der Waals surface area contributed by atoms with Gasteiger partial charge in [0.2, 0.25) is 5.02 Å². The van der Waals surface area contributed by atoms with Crippen molar-refractivity contribution in [3.63, 3.8) is 0 Å². The summed E-state index contributed by atoms with van der Waals surface area (Å²) < 4.78 is 56.0. The third-order valence-electron chi connectivity index (χ3n) is 2.95. The Bertz CT molecular complexity index is 817. The third-order valence-corrected chi connectivity index (χ3v) is 7.91. The number of hydrogen-bond donors (Lipinski definition) is 7. The molecule has 0 bridgehead atoms.